The van der Waals surface area contributed by atoms with Gasteiger partial charge in [-0.2, -0.15) is 17.9 Å². The SMILES string of the molecule is CC(C)Oc1cc(N2CCN(S(=O)(=O)Nc3cc(SCc4nn[nH]n4)c(O)c4ccccc34)CC2)ccc1F.O=C(O)CCCc1cc(NS(=O)(=O)c2ccc(Br)cc2)c2ccccc2c1O.O=C(O)CCSc1cc(NS(=O)(=O)c2ccc(Br)cc2)c2ccccc2c1O. The van der Waals surface area contributed by atoms with Gasteiger partial charge in [0, 0.05) is 91.4 Å². The number of H-pyrrole nitrogens is 1. The van der Waals surface area contributed by atoms with E-state index in [4.69, 9.17) is 14.9 Å². The zero-order chi connectivity index (χ0) is 68.2. The van der Waals surface area contributed by atoms with Gasteiger partial charge in [0.15, 0.2) is 17.4 Å². The first-order valence-electron chi connectivity index (χ1n) is 29.0. The second-order valence-corrected chi connectivity index (χ2v) is 30.4. The number of carbonyl (C=O) groups is 2. The summed E-state index contributed by atoms with van der Waals surface area (Å²) in [7, 11) is -11.6. The molecular formula is C64H62Br2FN9O14S5. The number of aryl methyl sites for hydroxylation is 1. The number of aromatic nitrogens is 4. The Morgan fingerprint density at radius 3 is 1.57 bits per heavy atom. The molecule has 95 heavy (non-hydrogen) atoms. The molecule has 1 saturated heterocycles. The highest BCUT2D eigenvalue weighted by molar-refractivity contribution is 9.10. The standard InChI is InChI=1S/C25H28FN7O4S2.C20H18BrNO5S.C19H16BrNO5S2/c1-16(2)37-22-13-17(7-8-20(22)26)32-9-11-33(12-10-32)39(35,36)29-21-14-23(38-15-24-27-30-31-28-24)25(34)19-6-4-3-5-18(19)21;21-14-8-10-15(11-9-14)28(26,27)22-18-12-13(4-3-7-19(23)24)20(25)17-6-2-1-5-16(17)18;20-12-5-7-13(8-6-12)28(25,26)21-16-11-17(27-10-9-18(22)23)19(24)15-4-2-1-3-14(15)16/h3-8,13-14,16,29,34H,9-12,15H2,1-2H3,(H,27,28,30,31);1-2,5-6,8-12,22,25H,3-4,7H2,(H,23,24);1-8,11,21,24H,9-10H2,(H,22,23). The summed E-state index contributed by atoms with van der Waals surface area (Å²) >= 11 is 8.98. The fraction of sp³-hybridized carbons (Fsp3) is 0.203. The number of aromatic hydroxyl groups is 3. The summed E-state index contributed by atoms with van der Waals surface area (Å²) in [6.45, 7) is 4.99. The van der Waals surface area contributed by atoms with Crippen molar-refractivity contribution in [3.8, 4) is 23.0 Å². The van der Waals surface area contributed by atoms with Crippen LogP contribution in [0.5, 0.6) is 23.0 Å². The minimum atomic E-state index is -3.91. The Labute approximate surface area is 571 Å². The van der Waals surface area contributed by atoms with Crippen molar-refractivity contribution in [2.24, 2.45) is 0 Å². The van der Waals surface area contributed by atoms with E-state index in [0.717, 1.165) is 26.4 Å². The third-order valence-electron chi connectivity index (χ3n) is 14.4. The van der Waals surface area contributed by atoms with Crippen LogP contribution in [0.4, 0.5) is 27.1 Å². The summed E-state index contributed by atoms with van der Waals surface area (Å²) in [6.07, 6.45) is 0.371. The van der Waals surface area contributed by atoms with Crippen molar-refractivity contribution in [3.63, 3.8) is 0 Å². The lowest BCUT2D eigenvalue weighted by Crippen LogP contribution is -2.50. The van der Waals surface area contributed by atoms with Crippen LogP contribution in [-0.2, 0) is 52.0 Å². The lowest BCUT2D eigenvalue weighted by atomic mass is 10.00. The number of fused-ring (bicyclic) bond motifs is 3. The van der Waals surface area contributed by atoms with Crippen LogP contribution in [0.25, 0.3) is 32.3 Å². The summed E-state index contributed by atoms with van der Waals surface area (Å²) in [6, 6.07) is 42.7. The lowest BCUT2D eigenvalue weighted by Gasteiger charge is -2.35. The third-order valence-corrected chi connectivity index (χ3v) is 21.8. The molecule has 11 rings (SSSR count). The van der Waals surface area contributed by atoms with Crippen LogP contribution in [0.2, 0.25) is 0 Å². The predicted octanol–water partition coefficient (Wildman–Crippen LogP) is 12.9. The van der Waals surface area contributed by atoms with Crippen LogP contribution in [0.1, 0.15) is 44.5 Å². The Balaban J connectivity index is 0.000000171. The van der Waals surface area contributed by atoms with Crippen molar-refractivity contribution >= 4 is 153 Å². The van der Waals surface area contributed by atoms with Gasteiger partial charge in [-0.25, -0.2) is 21.2 Å². The Morgan fingerprint density at radius 2 is 1.08 bits per heavy atom. The molecule has 0 bridgehead atoms. The molecule has 31 heteroatoms. The monoisotopic (exact) mass is 1520 g/mol. The van der Waals surface area contributed by atoms with Gasteiger partial charge in [-0.05, 0) is 111 Å². The number of anilines is 4. The highest BCUT2D eigenvalue weighted by Gasteiger charge is 2.29. The van der Waals surface area contributed by atoms with Crippen molar-refractivity contribution in [2.75, 3.05) is 51.0 Å². The number of sulfonamides is 2. The van der Waals surface area contributed by atoms with Crippen molar-refractivity contribution in [2.45, 2.75) is 71.0 Å². The first-order valence-corrected chi connectivity index (χ1v) is 36.9. The molecule has 498 valence electrons. The summed E-state index contributed by atoms with van der Waals surface area (Å²) < 4.78 is 109. The second kappa shape index (κ2) is 31.4. The van der Waals surface area contributed by atoms with Gasteiger partial charge in [-0.3, -0.25) is 23.8 Å². The van der Waals surface area contributed by atoms with E-state index in [2.05, 4.69) is 66.7 Å². The maximum absolute atomic E-state index is 14.1. The number of carboxylic acids is 2. The van der Waals surface area contributed by atoms with Crippen LogP contribution in [0, 0.1) is 5.82 Å². The number of halogens is 3. The summed E-state index contributed by atoms with van der Waals surface area (Å²) in [5.41, 5.74) is 2.27. The van der Waals surface area contributed by atoms with Gasteiger partial charge in [0.1, 0.15) is 17.2 Å². The minimum absolute atomic E-state index is 0.00224. The second-order valence-electron chi connectivity index (χ2n) is 21.4. The van der Waals surface area contributed by atoms with Crippen LogP contribution in [0.3, 0.4) is 0 Å². The largest absolute Gasteiger partial charge is 0.507 e. The number of ether oxygens (including phenoxy) is 1. The first kappa shape index (κ1) is 70.9. The fourth-order valence-corrected chi connectivity index (χ4v) is 15.6. The van der Waals surface area contributed by atoms with E-state index in [9.17, 15) is 54.6 Å². The van der Waals surface area contributed by atoms with Gasteiger partial charge in [0.2, 0.25) is 0 Å². The maximum Gasteiger partial charge on any atom is 0.304 e. The van der Waals surface area contributed by atoms with E-state index in [1.54, 1.807) is 121 Å². The molecule has 1 aliphatic heterocycles. The van der Waals surface area contributed by atoms with Gasteiger partial charge < -0.3 is 35.2 Å². The number of phenolic OH excluding ortho intramolecular Hbond substituents is 3. The summed E-state index contributed by atoms with van der Waals surface area (Å²) in [5.74, 6) is -0.998. The molecule has 0 radical (unpaired) electrons. The van der Waals surface area contributed by atoms with E-state index < -0.39 is 48.0 Å². The number of hydrogen-bond acceptors (Lipinski definition) is 18. The van der Waals surface area contributed by atoms with E-state index in [1.165, 1.54) is 52.5 Å². The van der Waals surface area contributed by atoms with Gasteiger partial charge in [-0.15, -0.1) is 33.7 Å². The zero-order valence-corrected chi connectivity index (χ0v) is 57.7. The molecule has 1 fully saturated rings. The Hall–Kier alpha value is -8.43. The molecule has 9 N–H and O–H groups in total. The number of carboxylic acid groups (broad SMARTS) is 2. The van der Waals surface area contributed by atoms with Crippen LogP contribution < -0.4 is 23.8 Å². The number of aromatic amines is 1. The Bertz CT molecular complexity index is 4590. The highest BCUT2D eigenvalue weighted by Crippen LogP contribution is 2.43. The smallest absolute Gasteiger partial charge is 0.304 e. The molecule has 0 amide bonds. The molecule has 0 saturated carbocycles. The van der Waals surface area contributed by atoms with E-state index in [-0.39, 0.29) is 70.6 Å². The molecule has 10 aromatic rings. The van der Waals surface area contributed by atoms with Gasteiger partial charge in [0.25, 0.3) is 20.0 Å². The topological polar surface area (TPSA) is 344 Å². The normalized spacial score (nSPS) is 12.8. The number of thioether (sulfide) groups is 2. The number of phenols is 3. The Kier molecular flexibility index (Phi) is 23.4. The van der Waals surface area contributed by atoms with E-state index in [0.29, 0.717) is 102 Å². The third kappa shape index (κ3) is 18.3. The Morgan fingerprint density at radius 1 is 0.611 bits per heavy atom. The van der Waals surface area contributed by atoms with Crippen molar-refractivity contribution < 1.29 is 69.5 Å². The van der Waals surface area contributed by atoms with Crippen LogP contribution in [-0.4, -0.2) is 126 Å². The molecule has 2 heterocycles. The van der Waals surface area contributed by atoms with Crippen LogP contribution >= 0.6 is 55.4 Å². The number of benzene rings is 9. The molecule has 0 spiro atoms. The first-order chi connectivity index (χ1) is 45.3. The van der Waals surface area contributed by atoms with Crippen LogP contribution in [0.15, 0.2) is 186 Å². The van der Waals surface area contributed by atoms with Gasteiger partial charge in [-0.1, -0.05) is 110 Å². The molecule has 0 unspecified atom stereocenters. The van der Waals surface area contributed by atoms with Gasteiger partial charge in [0.05, 0.1) is 54.9 Å². The van der Waals surface area contributed by atoms with Gasteiger partial charge >= 0.3 is 22.1 Å². The van der Waals surface area contributed by atoms with Crippen molar-refractivity contribution in [1.29, 1.82) is 0 Å². The lowest BCUT2D eigenvalue weighted by molar-refractivity contribution is -0.137. The zero-order valence-electron chi connectivity index (χ0n) is 50.5. The number of piperazine rings is 1. The molecule has 0 atom stereocenters. The average molecular weight is 1520 g/mol. The number of nitrogens with zero attached hydrogens (tertiary/aromatic N) is 5. The minimum Gasteiger partial charge on any atom is -0.507 e. The molecule has 9 aromatic carbocycles. The van der Waals surface area contributed by atoms with Crippen molar-refractivity contribution in [1.82, 2.24) is 24.9 Å². The number of aliphatic carboxylic acids is 2. The highest BCUT2D eigenvalue weighted by atomic mass is 79.9. The van der Waals surface area contributed by atoms with Crippen molar-refractivity contribution in [3.05, 3.63) is 184 Å². The molecule has 1 aliphatic rings. The molecule has 0 aliphatic carbocycles. The maximum atomic E-state index is 14.1. The summed E-state index contributed by atoms with van der Waals surface area (Å²) in [5, 5.41) is 66.5. The quantitative estimate of drug-likeness (QED) is 0.0212. The number of rotatable bonds is 23. The predicted molar refractivity (Wildman–Crippen MR) is 373 cm³/mol. The molecular weight excluding hydrogens is 1460 g/mol. The van der Waals surface area contributed by atoms with E-state index in [1.807, 2.05) is 18.7 Å². The average Bonchev–Trinajstić information content (AvgIpc) is 1.28. The van der Waals surface area contributed by atoms with E-state index >= 15 is 0 Å². The summed E-state index contributed by atoms with van der Waals surface area (Å²) in [4.78, 5) is 24.6. The fourth-order valence-electron chi connectivity index (χ4n) is 9.87. The number of tetrazole rings is 1. The number of nitrogens with one attached hydrogen (secondary N) is 4. The molecule has 1 aromatic heterocycles. The molecule has 23 nitrogen and oxygen atoms in total. The number of hydrogen-bond donors (Lipinski definition) is 9.